The van der Waals surface area contributed by atoms with Crippen molar-refractivity contribution in [3.8, 4) is 5.69 Å². The number of pyridine rings is 1. The van der Waals surface area contributed by atoms with Crippen LogP contribution in [0.1, 0.15) is 33.4 Å². The molecule has 28 heavy (non-hydrogen) atoms. The van der Waals surface area contributed by atoms with Gasteiger partial charge in [-0.1, -0.05) is 6.07 Å². The summed E-state index contributed by atoms with van der Waals surface area (Å²) < 4.78 is 16.4. The molecule has 1 fully saturated rings. The predicted octanol–water partition coefficient (Wildman–Crippen LogP) is 2.81. The number of carbonyl (C=O) groups is 1. The summed E-state index contributed by atoms with van der Waals surface area (Å²) in [5.74, 6) is -0.653. The van der Waals surface area contributed by atoms with Crippen LogP contribution in [-0.4, -0.2) is 45.2 Å². The molecule has 0 radical (unpaired) electrons. The minimum Gasteiger partial charge on any atom is -0.329 e. The van der Waals surface area contributed by atoms with E-state index in [0.717, 1.165) is 17.0 Å². The number of amides is 1. The van der Waals surface area contributed by atoms with E-state index in [1.807, 2.05) is 32.0 Å². The average molecular weight is 379 g/mol. The summed E-state index contributed by atoms with van der Waals surface area (Å²) in [7, 11) is 0. The second-order valence-electron chi connectivity index (χ2n) is 7.01. The zero-order valence-corrected chi connectivity index (χ0v) is 15.9. The van der Waals surface area contributed by atoms with Crippen LogP contribution < -0.4 is 5.32 Å². The number of halogens is 1. The average Bonchev–Trinajstić information content (AvgIpc) is 3.05. The van der Waals surface area contributed by atoms with Crippen LogP contribution in [0.4, 0.5) is 4.39 Å². The molecule has 0 bridgehead atoms. The normalized spacial score (nSPS) is 17.0. The van der Waals surface area contributed by atoms with E-state index in [-0.39, 0.29) is 11.9 Å². The van der Waals surface area contributed by atoms with Crippen LogP contribution in [0.15, 0.2) is 48.8 Å². The number of hydrogen-bond acceptors (Lipinski definition) is 4. The molecule has 1 N–H and O–H groups in total. The first-order chi connectivity index (χ1) is 13.5. The van der Waals surface area contributed by atoms with Gasteiger partial charge in [0.05, 0.1) is 11.7 Å². The van der Waals surface area contributed by atoms with Gasteiger partial charge in [-0.2, -0.15) is 5.10 Å². The number of nitrogens with zero attached hydrogens (tertiary/aromatic N) is 4. The third kappa shape index (κ3) is 3.41. The van der Waals surface area contributed by atoms with E-state index in [1.165, 1.54) is 6.07 Å². The number of aromatic nitrogens is 3. The van der Waals surface area contributed by atoms with Gasteiger partial charge in [0.15, 0.2) is 0 Å². The van der Waals surface area contributed by atoms with Crippen molar-refractivity contribution >= 4 is 5.91 Å². The molecule has 0 saturated carbocycles. The fourth-order valence-corrected chi connectivity index (χ4v) is 3.67. The largest absolute Gasteiger partial charge is 0.329 e. The van der Waals surface area contributed by atoms with Gasteiger partial charge < -0.3 is 10.2 Å². The molecule has 3 aromatic rings. The van der Waals surface area contributed by atoms with Crippen LogP contribution >= 0.6 is 0 Å². The van der Waals surface area contributed by atoms with E-state index in [1.54, 1.807) is 34.1 Å². The minimum atomic E-state index is -0.467. The van der Waals surface area contributed by atoms with Gasteiger partial charge in [-0.25, -0.2) is 9.07 Å². The summed E-state index contributed by atoms with van der Waals surface area (Å²) in [5, 5.41) is 7.64. The van der Waals surface area contributed by atoms with Crippen LogP contribution in [-0.2, 0) is 0 Å². The van der Waals surface area contributed by atoms with Gasteiger partial charge in [-0.05, 0) is 49.7 Å². The maximum absolute atomic E-state index is 14.8. The monoisotopic (exact) mass is 379 g/mol. The Balaban J connectivity index is 1.64. The zero-order valence-electron chi connectivity index (χ0n) is 15.9. The van der Waals surface area contributed by atoms with E-state index in [2.05, 4.69) is 15.4 Å². The Morgan fingerprint density at radius 3 is 2.79 bits per heavy atom. The summed E-state index contributed by atoms with van der Waals surface area (Å²) in [6, 6.07) is 10.2. The molecule has 2 aromatic heterocycles. The second kappa shape index (κ2) is 7.52. The molecule has 7 heteroatoms. The Morgan fingerprint density at radius 2 is 2.11 bits per heavy atom. The molecule has 0 spiro atoms. The van der Waals surface area contributed by atoms with Gasteiger partial charge in [0, 0.05) is 43.3 Å². The van der Waals surface area contributed by atoms with E-state index in [9.17, 15) is 9.18 Å². The first-order valence-corrected chi connectivity index (χ1v) is 9.29. The third-order valence-electron chi connectivity index (χ3n) is 5.01. The fourth-order valence-electron chi connectivity index (χ4n) is 3.67. The Bertz CT molecular complexity index is 1000. The SMILES string of the molecule is Cc1cc(C)n(-c2ccc(C(=O)N3CCNCC3c3cccnc3)cc2F)n1. The summed E-state index contributed by atoms with van der Waals surface area (Å²) >= 11 is 0. The fraction of sp³-hybridized carbons (Fsp3) is 0.286. The van der Waals surface area contributed by atoms with E-state index in [4.69, 9.17) is 0 Å². The lowest BCUT2D eigenvalue weighted by molar-refractivity contribution is 0.0633. The van der Waals surface area contributed by atoms with E-state index < -0.39 is 5.82 Å². The maximum atomic E-state index is 14.8. The quantitative estimate of drug-likeness (QED) is 0.760. The van der Waals surface area contributed by atoms with Gasteiger partial charge in [-0.15, -0.1) is 0 Å². The van der Waals surface area contributed by atoms with Crippen LogP contribution in [0.3, 0.4) is 0 Å². The zero-order chi connectivity index (χ0) is 19.7. The second-order valence-corrected chi connectivity index (χ2v) is 7.01. The summed E-state index contributed by atoms with van der Waals surface area (Å²) in [6.45, 7) is 5.64. The number of benzene rings is 1. The summed E-state index contributed by atoms with van der Waals surface area (Å²) in [6.07, 6.45) is 3.48. The molecule has 1 amide bonds. The molecule has 144 valence electrons. The predicted molar refractivity (Wildman–Crippen MR) is 104 cm³/mol. The molecule has 1 aromatic carbocycles. The number of nitrogens with one attached hydrogen (secondary N) is 1. The van der Waals surface area contributed by atoms with Crippen LogP contribution in [0.2, 0.25) is 0 Å². The molecule has 1 atom stereocenters. The van der Waals surface area contributed by atoms with Crippen molar-refractivity contribution < 1.29 is 9.18 Å². The van der Waals surface area contributed by atoms with Crippen molar-refractivity contribution in [1.29, 1.82) is 0 Å². The number of rotatable bonds is 3. The van der Waals surface area contributed by atoms with Gasteiger partial charge in [0.25, 0.3) is 5.91 Å². The lowest BCUT2D eigenvalue weighted by atomic mass is 10.0. The standard InChI is InChI=1S/C21H22FN5O/c1-14-10-15(2)27(25-14)19-6-5-16(11-18(19)22)21(28)26-9-8-24-13-20(26)17-4-3-7-23-12-17/h3-7,10-12,20,24H,8-9,13H2,1-2H3. The first-order valence-electron chi connectivity index (χ1n) is 9.29. The molecular weight excluding hydrogens is 357 g/mol. The lowest BCUT2D eigenvalue weighted by Gasteiger charge is -2.36. The highest BCUT2D eigenvalue weighted by molar-refractivity contribution is 5.94. The molecule has 1 aliphatic rings. The summed E-state index contributed by atoms with van der Waals surface area (Å²) in [4.78, 5) is 19.1. The van der Waals surface area contributed by atoms with Crippen molar-refractivity contribution in [2.24, 2.45) is 0 Å². The highest BCUT2D eigenvalue weighted by atomic mass is 19.1. The number of piperazine rings is 1. The molecular formula is C21H22FN5O. The molecule has 4 rings (SSSR count). The number of carbonyl (C=O) groups excluding carboxylic acids is 1. The molecule has 1 unspecified atom stereocenters. The molecule has 6 nitrogen and oxygen atoms in total. The topological polar surface area (TPSA) is 63.1 Å². The Labute approximate surface area is 163 Å². The van der Waals surface area contributed by atoms with Crippen molar-refractivity contribution in [3.63, 3.8) is 0 Å². The Kier molecular flexibility index (Phi) is 4.92. The highest BCUT2D eigenvalue weighted by Gasteiger charge is 2.29. The van der Waals surface area contributed by atoms with Gasteiger partial charge in [0.2, 0.25) is 0 Å². The number of hydrogen-bond donors (Lipinski definition) is 1. The number of aryl methyl sites for hydroxylation is 2. The lowest BCUT2D eigenvalue weighted by Crippen LogP contribution is -2.48. The molecule has 1 saturated heterocycles. The molecule has 0 aliphatic carbocycles. The van der Waals surface area contributed by atoms with E-state index in [0.29, 0.717) is 30.9 Å². The third-order valence-corrected chi connectivity index (χ3v) is 5.01. The summed E-state index contributed by atoms with van der Waals surface area (Å²) in [5.41, 5.74) is 3.29. The van der Waals surface area contributed by atoms with Crippen molar-refractivity contribution in [2.45, 2.75) is 19.9 Å². The smallest absolute Gasteiger partial charge is 0.254 e. The van der Waals surface area contributed by atoms with Crippen molar-refractivity contribution in [2.75, 3.05) is 19.6 Å². The van der Waals surface area contributed by atoms with Crippen LogP contribution in [0.5, 0.6) is 0 Å². The highest BCUT2D eigenvalue weighted by Crippen LogP contribution is 2.25. The Hall–Kier alpha value is -3.06. The maximum Gasteiger partial charge on any atom is 0.254 e. The Morgan fingerprint density at radius 1 is 1.25 bits per heavy atom. The van der Waals surface area contributed by atoms with Crippen molar-refractivity contribution in [1.82, 2.24) is 25.0 Å². The van der Waals surface area contributed by atoms with Crippen LogP contribution in [0.25, 0.3) is 5.69 Å². The molecule has 1 aliphatic heterocycles. The van der Waals surface area contributed by atoms with E-state index >= 15 is 0 Å². The van der Waals surface area contributed by atoms with Gasteiger partial charge in [0.1, 0.15) is 11.5 Å². The van der Waals surface area contributed by atoms with Gasteiger partial charge in [-0.3, -0.25) is 9.78 Å². The first kappa shape index (κ1) is 18.3. The molecule has 3 heterocycles. The van der Waals surface area contributed by atoms with Crippen LogP contribution in [0, 0.1) is 19.7 Å². The van der Waals surface area contributed by atoms with Gasteiger partial charge >= 0.3 is 0 Å². The van der Waals surface area contributed by atoms with Crippen molar-refractivity contribution in [3.05, 3.63) is 77.1 Å². The minimum absolute atomic E-state index is 0.131.